The van der Waals surface area contributed by atoms with Gasteiger partial charge in [0.05, 0.1) is 22.6 Å². The molecule has 5 rings (SSSR count). The van der Waals surface area contributed by atoms with Crippen molar-refractivity contribution in [1.82, 2.24) is 24.7 Å². The molecule has 0 aliphatic heterocycles. The number of amides is 1. The highest BCUT2D eigenvalue weighted by atomic mass is 19.1. The van der Waals surface area contributed by atoms with Crippen molar-refractivity contribution in [3.63, 3.8) is 0 Å². The molecule has 0 saturated heterocycles. The van der Waals surface area contributed by atoms with Crippen LogP contribution in [0.2, 0.25) is 0 Å². The van der Waals surface area contributed by atoms with Crippen molar-refractivity contribution in [2.45, 2.75) is 13.5 Å². The minimum atomic E-state index is -0.535. The van der Waals surface area contributed by atoms with Crippen LogP contribution < -0.4 is 10.6 Å². The molecule has 1 amide bonds. The van der Waals surface area contributed by atoms with Crippen LogP contribution in [0.3, 0.4) is 0 Å². The summed E-state index contributed by atoms with van der Waals surface area (Å²) in [7, 11) is 0. The lowest BCUT2D eigenvalue weighted by molar-refractivity contribution is 0.101. The van der Waals surface area contributed by atoms with Gasteiger partial charge in [-0.2, -0.15) is 5.10 Å². The number of pyridine rings is 1. The number of halogens is 1. The molecular weight excluding hydrogens is 445 g/mol. The lowest BCUT2D eigenvalue weighted by Gasteiger charge is -2.11. The van der Waals surface area contributed by atoms with Gasteiger partial charge in [0, 0.05) is 41.9 Å². The van der Waals surface area contributed by atoms with E-state index in [0.29, 0.717) is 12.2 Å². The van der Waals surface area contributed by atoms with Crippen LogP contribution in [-0.4, -0.2) is 30.6 Å². The van der Waals surface area contributed by atoms with Gasteiger partial charge in [0.15, 0.2) is 5.82 Å². The third kappa shape index (κ3) is 4.79. The third-order valence-corrected chi connectivity index (χ3v) is 5.45. The van der Waals surface area contributed by atoms with Crippen molar-refractivity contribution >= 4 is 46.0 Å². The number of aryl methyl sites for hydroxylation is 1. The Kier molecular flexibility index (Phi) is 6.04. The first-order valence-electron chi connectivity index (χ1n) is 11.1. The summed E-state index contributed by atoms with van der Waals surface area (Å²) in [4.78, 5) is 20.9. The number of anilines is 3. The SMILES string of the molecule is CCn1ccnc1C(=O)Nc1cc(Nc2ccc3c(C=Cc4ccccn4)n[nH]c3c2)ccc1F. The zero-order valence-corrected chi connectivity index (χ0v) is 18.9. The second-order valence-corrected chi connectivity index (χ2v) is 7.77. The van der Waals surface area contributed by atoms with Crippen LogP contribution in [0.1, 0.15) is 28.9 Å². The molecule has 9 heteroatoms. The first-order chi connectivity index (χ1) is 17.1. The van der Waals surface area contributed by atoms with E-state index in [4.69, 9.17) is 0 Å². The normalized spacial score (nSPS) is 11.3. The Morgan fingerprint density at radius 2 is 1.91 bits per heavy atom. The number of H-pyrrole nitrogens is 1. The topological polar surface area (TPSA) is 101 Å². The number of carbonyl (C=O) groups is 1. The quantitative estimate of drug-likeness (QED) is 0.294. The number of rotatable bonds is 7. The number of hydrogen-bond donors (Lipinski definition) is 3. The van der Waals surface area contributed by atoms with Gasteiger partial charge in [0.2, 0.25) is 0 Å². The van der Waals surface area contributed by atoms with Crippen molar-refractivity contribution in [1.29, 1.82) is 0 Å². The smallest absolute Gasteiger partial charge is 0.291 e. The highest BCUT2D eigenvalue weighted by Gasteiger charge is 2.15. The van der Waals surface area contributed by atoms with Gasteiger partial charge in [-0.15, -0.1) is 0 Å². The number of benzene rings is 2. The van der Waals surface area contributed by atoms with E-state index in [-0.39, 0.29) is 11.5 Å². The molecule has 0 aliphatic carbocycles. The molecule has 3 N–H and O–H groups in total. The number of nitrogens with one attached hydrogen (secondary N) is 3. The Hall–Kier alpha value is -4.79. The van der Waals surface area contributed by atoms with Gasteiger partial charge < -0.3 is 15.2 Å². The van der Waals surface area contributed by atoms with Crippen molar-refractivity contribution in [3.8, 4) is 0 Å². The van der Waals surface area contributed by atoms with Crippen molar-refractivity contribution in [2.75, 3.05) is 10.6 Å². The van der Waals surface area contributed by atoms with Crippen molar-refractivity contribution in [3.05, 3.63) is 96.2 Å². The first kappa shape index (κ1) is 22.0. The van der Waals surface area contributed by atoms with Crippen LogP contribution >= 0.6 is 0 Å². The van der Waals surface area contributed by atoms with Gasteiger partial charge in [0.1, 0.15) is 5.82 Å². The number of aromatic amines is 1. The summed E-state index contributed by atoms with van der Waals surface area (Å²) in [6.45, 7) is 2.49. The van der Waals surface area contributed by atoms with Gasteiger partial charge in [-0.25, -0.2) is 9.37 Å². The number of fused-ring (bicyclic) bond motifs is 1. The molecule has 0 saturated carbocycles. The number of aromatic nitrogens is 5. The molecule has 8 nitrogen and oxygen atoms in total. The van der Waals surface area contributed by atoms with E-state index < -0.39 is 11.7 Å². The average molecular weight is 468 g/mol. The van der Waals surface area contributed by atoms with E-state index in [1.165, 1.54) is 12.3 Å². The fourth-order valence-electron chi connectivity index (χ4n) is 3.70. The number of nitrogens with zero attached hydrogens (tertiary/aromatic N) is 4. The molecule has 174 valence electrons. The van der Waals surface area contributed by atoms with Gasteiger partial charge in [-0.05, 0) is 67.6 Å². The molecule has 35 heavy (non-hydrogen) atoms. The lowest BCUT2D eigenvalue weighted by atomic mass is 10.1. The van der Waals surface area contributed by atoms with E-state index in [1.807, 2.05) is 55.5 Å². The zero-order valence-electron chi connectivity index (χ0n) is 18.9. The summed E-state index contributed by atoms with van der Waals surface area (Å²) < 4.78 is 16.1. The molecule has 3 aromatic heterocycles. The lowest BCUT2D eigenvalue weighted by Crippen LogP contribution is -2.18. The molecule has 0 bridgehead atoms. The zero-order chi connectivity index (χ0) is 24.2. The van der Waals surface area contributed by atoms with E-state index in [2.05, 4.69) is 30.8 Å². The van der Waals surface area contributed by atoms with Gasteiger partial charge in [0.25, 0.3) is 5.91 Å². The molecular formula is C26H22FN7O. The fourth-order valence-corrected chi connectivity index (χ4v) is 3.70. The minimum absolute atomic E-state index is 0.0650. The summed E-state index contributed by atoms with van der Waals surface area (Å²) in [5.41, 5.74) is 3.96. The summed E-state index contributed by atoms with van der Waals surface area (Å²) in [5.74, 6) is -0.784. The van der Waals surface area contributed by atoms with Crippen molar-refractivity contribution < 1.29 is 9.18 Å². The highest BCUT2D eigenvalue weighted by molar-refractivity contribution is 6.02. The third-order valence-electron chi connectivity index (χ3n) is 5.45. The van der Waals surface area contributed by atoms with Crippen LogP contribution in [0.4, 0.5) is 21.5 Å². The maximum Gasteiger partial charge on any atom is 0.291 e. The molecule has 3 heterocycles. The van der Waals surface area contributed by atoms with Gasteiger partial charge in [-0.3, -0.25) is 14.9 Å². The van der Waals surface area contributed by atoms with E-state index in [0.717, 1.165) is 28.0 Å². The molecule has 0 aliphatic rings. The maximum atomic E-state index is 14.4. The van der Waals surface area contributed by atoms with Gasteiger partial charge in [-0.1, -0.05) is 6.07 Å². The predicted octanol–water partition coefficient (Wildman–Crippen LogP) is 5.48. The molecule has 0 radical (unpaired) electrons. The van der Waals surface area contributed by atoms with E-state index >= 15 is 0 Å². The van der Waals surface area contributed by atoms with Gasteiger partial charge >= 0.3 is 0 Å². The largest absolute Gasteiger partial charge is 0.355 e. The predicted molar refractivity (Wildman–Crippen MR) is 135 cm³/mol. The molecule has 0 spiro atoms. The van der Waals surface area contributed by atoms with Crippen LogP contribution in [0.15, 0.2) is 73.2 Å². The molecule has 0 fully saturated rings. The van der Waals surface area contributed by atoms with Crippen LogP contribution in [0.5, 0.6) is 0 Å². The van der Waals surface area contributed by atoms with Crippen LogP contribution in [0, 0.1) is 5.82 Å². The first-order valence-corrected chi connectivity index (χ1v) is 11.1. The Morgan fingerprint density at radius 3 is 2.74 bits per heavy atom. The number of carbonyl (C=O) groups excluding carboxylic acids is 1. The Bertz CT molecular complexity index is 1520. The van der Waals surface area contributed by atoms with Crippen LogP contribution in [0.25, 0.3) is 23.1 Å². The number of imidazole rings is 1. The Balaban J connectivity index is 1.33. The maximum absolute atomic E-state index is 14.4. The summed E-state index contributed by atoms with van der Waals surface area (Å²) in [6.07, 6.45) is 8.80. The standard InChI is InChI=1S/C26H22FN7O/c1-2-34-14-13-29-25(34)26(35)31-24-16-19(7-10-21(24)27)30-18-6-9-20-22(32-33-23(20)15-18)11-8-17-5-3-4-12-28-17/h3-16,30H,2H2,1H3,(H,31,35)(H,32,33). The molecule has 2 aromatic carbocycles. The monoisotopic (exact) mass is 467 g/mol. The van der Waals surface area contributed by atoms with Crippen LogP contribution in [-0.2, 0) is 6.54 Å². The molecule has 0 atom stereocenters. The summed E-state index contributed by atoms with van der Waals surface area (Å²) in [6, 6.07) is 16.0. The second-order valence-electron chi connectivity index (χ2n) is 7.77. The number of hydrogen-bond acceptors (Lipinski definition) is 5. The van der Waals surface area contributed by atoms with Crippen molar-refractivity contribution in [2.24, 2.45) is 0 Å². The summed E-state index contributed by atoms with van der Waals surface area (Å²) >= 11 is 0. The molecule has 5 aromatic rings. The highest BCUT2D eigenvalue weighted by Crippen LogP contribution is 2.27. The van der Waals surface area contributed by atoms with E-state index in [1.54, 1.807) is 29.1 Å². The minimum Gasteiger partial charge on any atom is -0.355 e. The molecule has 0 unspecified atom stereocenters. The fraction of sp³-hybridized carbons (Fsp3) is 0.0769. The average Bonchev–Trinajstić information content (AvgIpc) is 3.52. The Labute approximate surface area is 200 Å². The Morgan fingerprint density at radius 1 is 1.06 bits per heavy atom. The second kappa shape index (κ2) is 9.60. The van der Waals surface area contributed by atoms with E-state index in [9.17, 15) is 9.18 Å². The summed E-state index contributed by atoms with van der Waals surface area (Å²) in [5, 5.41) is 14.2.